The van der Waals surface area contributed by atoms with E-state index in [4.69, 9.17) is 32.7 Å². The number of hydrogen-bond donors (Lipinski definition) is 4. The molecule has 6 aromatic carbocycles. The number of aromatic nitrogens is 2. The standard InChI is InChI=1S/C25H25N3O4S2.C21H15Cl2N3O4S2/c1-25(2,3)17-8-10-18(11-9-17)32-16-23(29)27-21-12-13-22(20-7-5-4-6-19(20)21)34(30,31)28-24-26-14-15-33-24;22-16-8-7-13(11-17(16)23)30-12-20(27)25-18-5-1-4-15-14(18)3-2-6-19(15)32(28,29)26-21-24-9-10-31-21/h4-15H,16H2,1-3H3,(H,26,28)(H,27,29);1-11H,12H2,(H,24,26)(H,25,27). The quantitative estimate of drug-likeness (QED) is 0.0814. The Morgan fingerprint density at radius 3 is 1.61 bits per heavy atom. The Hall–Kier alpha value is -6.28. The molecule has 340 valence electrons. The van der Waals surface area contributed by atoms with Gasteiger partial charge in [0.25, 0.3) is 31.9 Å². The van der Waals surface area contributed by atoms with Crippen molar-refractivity contribution in [2.24, 2.45) is 0 Å². The van der Waals surface area contributed by atoms with E-state index in [1.165, 1.54) is 58.8 Å². The summed E-state index contributed by atoms with van der Waals surface area (Å²) in [4.78, 5) is 33.1. The number of fused-ring (bicyclic) bond motifs is 2. The van der Waals surface area contributed by atoms with Crippen LogP contribution in [-0.2, 0) is 35.1 Å². The molecule has 0 aliphatic carbocycles. The highest BCUT2D eigenvalue weighted by atomic mass is 35.5. The van der Waals surface area contributed by atoms with Crippen molar-refractivity contribution in [2.45, 2.75) is 36.0 Å². The lowest BCUT2D eigenvalue weighted by Gasteiger charge is -2.19. The topological polar surface area (TPSA) is 195 Å². The summed E-state index contributed by atoms with van der Waals surface area (Å²) in [5.74, 6) is 0.233. The SMILES string of the molecule is CC(C)(C)c1ccc(OCC(=O)Nc2ccc(S(=O)(=O)Nc3nccs3)c3ccccc23)cc1.O=C(COc1ccc(Cl)c(Cl)c1)Nc1cccc2c(S(=O)(=O)Nc3nccs3)cccc12. The summed E-state index contributed by atoms with van der Waals surface area (Å²) >= 11 is 14.2. The number of sulfonamides is 2. The predicted octanol–water partition coefficient (Wildman–Crippen LogP) is 10.8. The summed E-state index contributed by atoms with van der Waals surface area (Å²) in [6, 6.07) is 32.3. The van der Waals surface area contributed by atoms with Gasteiger partial charge in [-0.15, -0.1) is 22.7 Å². The smallest absolute Gasteiger partial charge is 0.264 e. The maximum atomic E-state index is 12.9. The molecule has 0 saturated heterocycles. The molecule has 8 aromatic rings. The number of benzene rings is 6. The normalized spacial score (nSPS) is 11.6. The Morgan fingerprint density at radius 2 is 1.06 bits per heavy atom. The Labute approximate surface area is 399 Å². The van der Waals surface area contributed by atoms with E-state index < -0.39 is 26.0 Å². The fourth-order valence-corrected chi connectivity index (χ4v) is 10.7. The zero-order valence-corrected chi connectivity index (χ0v) is 40.0. The highest BCUT2D eigenvalue weighted by molar-refractivity contribution is 7.93. The monoisotopic (exact) mass is 1000 g/mol. The Morgan fingerprint density at radius 1 is 0.576 bits per heavy atom. The number of carbonyl (C=O) groups excluding carboxylic acids is 2. The molecular formula is C46H40Cl2N6O8S4. The van der Waals surface area contributed by atoms with E-state index in [9.17, 15) is 26.4 Å². The second-order valence-corrected chi connectivity index (χ2v) is 21.1. The molecule has 0 fully saturated rings. The lowest BCUT2D eigenvalue weighted by atomic mass is 9.87. The van der Waals surface area contributed by atoms with Crippen molar-refractivity contribution in [2.75, 3.05) is 33.3 Å². The van der Waals surface area contributed by atoms with Crippen molar-refractivity contribution in [3.05, 3.63) is 154 Å². The minimum Gasteiger partial charge on any atom is -0.484 e. The van der Waals surface area contributed by atoms with Crippen LogP contribution >= 0.6 is 45.9 Å². The molecule has 66 heavy (non-hydrogen) atoms. The van der Waals surface area contributed by atoms with E-state index >= 15 is 0 Å². The van der Waals surface area contributed by atoms with Gasteiger partial charge in [0.05, 0.1) is 19.8 Å². The fourth-order valence-electron chi connectivity index (χ4n) is 6.41. The molecule has 20 heteroatoms. The van der Waals surface area contributed by atoms with Gasteiger partial charge < -0.3 is 20.1 Å². The Bertz CT molecular complexity index is 3240. The van der Waals surface area contributed by atoms with Gasteiger partial charge in [-0.3, -0.25) is 19.0 Å². The van der Waals surface area contributed by atoms with Gasteiger partial charge in [-0.1, -0.05) is 105 Å². The van der Waals surface area contributed by atoms with Gasteiger partial charge in [-0.25, -0.2) is 26.8 Å². The summed E-state index contributed by atoms with van der Waals surface area (Å²) < 4.78 is 67.7. The number of halogens is 2. The molecule has 0 saturated carbocycles. The molecule has 2 heterocycles. The highest BCUT2D eigenvalue weighted by Crippen LogP contribution is 2.33. The molecule has 2 amide bonds. The minimum atomic E-state index is -3.87. The average Bonchev–Trinajstić information content (AvgIpc) is 4.00. The van der Waals surface area contributed by atoms with Crippen LogP contribution in [0.25, 0.3) is 21.5 Å². The number of ether oxygens (including phenoxy) is 2. The van der Waals surface area contributed by atoms with Gasteiger partial charge in [-0.05, 0) is 59.5 Å². The molecule has 0 spiro atoms. The zero-order valence-electron chi connectivity index (χ0n) is 35.2. The second kappa shape index (κ2) is 20.5. The van der Waals surface area contributed by atoms with E-state index in [2.05, 4.69) is 50.8 Å². The van der Waals surface area contributed by atoms with Gasteiger partial charge in [-0.2, -0.15) is 0 Å². The Kier molecular flexibility index (Phi) is 14.8. The fraction of sp³-hybridized carbons (Fsp3) is 0.130. The van der Waals surface area contributed by atoms with Gasteiger partial charge in [0.15, 0.2) is 23.5 Å². The van der Waals surface area contributed by atoms with Crippen LogP contribution in [0.3, 0.4) is 0 Å². The van der Waals surface area contributed by atoms with Crippen LogP contribution in [-0.4, -0.2) is 51.8 Å². The van der Waals surface area contributed by atoms with Gasteiger partial charge >= 0.3 is 0 Å². The van der Waals surface area contributed by atoms with Crippen molar-refractivity contribution in [3.8, 4) is 11.5 Å². The number of nitrogens with one attached hydrogen (secondary N) is 4. The van der Waals surface area contributed by atoms with Crippen molar-refractivity contribution >= 4 is 121 Å². The highest BCUT2D eigenvalue weighted by Gasteiger charge is 2.22. The lowest BCUT2D eigenvalue weighted by Crippen LogP contribution is -2.20. The first-order valence-corrected chi connectivity index (χ1v) is 25.2. The molecule has 4 N–H and O–H groups in total. The number of nitrogens with zero attached hydrogens (tertiary/aromatic N) is 2. The van der Waals surface area contributed by atoms with Gasteiger partial charge in [0.2, 0.25) is 0 Å². The van der Waals surface area contributed by atoms with E-state index in [1.807, 2.05) is 24.3 Å². The van der Waals surface area contributed by atoms with E-state index in [-0.39, 0.29) is 44.6 Å². The third kappa shape index (κ3) is 11.9. The van der Waals surface area contributed by atoms with Crippen LogP contribution in [0.1, 0.15) is 26.3 Å². The van der Waals surface area contributed by atoms with Crippen LogP contribution in [0.15, 0.2) is 148 Å². The first-order valence-electron chi connectivity index (χ1n) is 19.8. The maximum Gasteiger partial charge on any atom is 0.264 e. The molecule has 0 unspecified atom stereocenters. The van der Waals surface area contributed by atoms with E-state index in [0.717, 1.165) is 0 Å². The summed E-state index contributed by atoms with van der Waals surface area (Å²) in [6.45, 7) is 5.96. The van der Waals surface area contributed by atoms with Crippen LogP contribution in [0.5, 0.6) is 11.5 Å². The molecule has 0 radical (unpaired) electrons. The molecule has 8 rings (SSSR count). The number of carbonyl (C=O) groups is 2. The number of thiazole rings is 2. The minimum absolute atomic E-state index is 0.0341. The summed E-state index contributed by atoms with van der Waals surface area (Å²) in [7, 11) is -7.73. The van der Waals surface area contributed by atoms with Gasteiger partial charge in [0.1, 0.15) is 11.5 Å². The Balaban J connectivity index is 0.000000197. The van der Waals surface area contributed by atoms with Gasteiger partial charge in [0, 0.05) is 62.1 Å². The summed E-state index contributed by atoms with van der Waals surface area (Å²) in [5, 5.41) is 12.3. The molecule has 14 nitrogen and oxygen atoms in total. The third-order valence-electron chi connectivity index (χ3n) is 9.55. The maximum absolute atomic E-state index is 12.9. The predicted molar refractivity (Wildman–Crippen MR) is 264 cm³/mol. The lowest BCUT2D eigenvalue weighted by molar-refractivity contribution is -0.118. The number of anilines is 4. The van der Waals surface area contributed by atoms with E-state index in [1.54, 1.807) is 83.6 Å². The third-order valence-corrected chi connectivity index (χ3v) is 14.7. The largest absolute Gasteiger partial charge is 0.484 e. The number of hydrogen-bond acceptors (Lipinski definition) is 12. The van der Waals surface area contributed by atoms with Crippen LogP contribution in [0.2, 0.25) is 10.0 Å². The molecular weight excluding hydrogens is 964 g/mol. The second-order valence-electron chi connectivity index (χ2n) is 15.2. The summed E-state index contributed by atoms with van der Waals surface area (Å²) in [5.41, 5.74) is 2.17. The van der Waals surface area contributed by atoms with Crippen LogP contribution in [0, 0.1) is 0 Å². The molecule has 2 aromatic heterocycles. The van der Waals surface area contributed by atoms with Crippen molar-refractivity contribution < 1.29 is 35.9 Å². The molecule has 0 atom stereocenters. The van der Waals surface area contributed by atoms with Crippen molar-refractivity contribution in [1.29, 1.82) is 0 Å². The number of amides is 2. The van der Waals surface area contributed by atoms with Crippen molar-refractivity contribution in [3.63, 3.8) is 0 Å². The average molecular weight is 1000 g/mol. The first kappa shape index (κ1) is 47.7. The van der Waals surface area contributed by atoms with Crippen LogP contribution < -0.4 is 29.6 Å². The zero-order chi connectivity index (χ0) is 47.1. The molecule has 0 aliphatic heterocycles. The molecule has 0 bridgehead atoms. The van der Waals surface area contributed by atoms with E-state index in [0.29, 0.717) is 54.5 Å². The summed E-state index contributed by atoms with van der Waals surface area (Å²) in [6.07, 6.45) is 3.04. The number of rotatable bonds is 14. The van der Waals surface area contributed by atoms with Crippen molar-refractivity contribution in [1.82, 2.24) is 9.97 Å². The first-order chi connectivity index (χ1) is 31.5. The molecule has 0 aliphatic rings. The van der Waals surface area contributed by atoms with Crippen LogP contribution in [0.4, 0.5) is 21.6 Å².